The third kappa shape index (κ3) is 1.98. The molecule has 5 heteroatoms. The van der Waals surface area contributed by atoms with Crippen LogP contribution < -0.4 is 16.8 Å². The van der Waals surface area contributed by atoms with Gasteiger partial charge in [0.25, 0.3) is 0 Å². The first-order valence-electron chi connectivity index (χ1n) is 6.90. The van der Waals surface area contributed by atoms with Gasteiger partial charge in [-0.15, -0.1) is 0 Å². The molecule has 3 rings (SSSR count). The zero-order valence-electron chi connectivity index (χ0n) is 12.1. The van der Waals surface area contributed by atoms with E-state index >= 15 is 0 Å². The van der Waals surface area contributed by atoms with E-state index in [2.05, 4.69) is 16.8 Å². The molecule has 5 N–H and O–H groups in total. The van der Waals surface area contributed by atoms with Gasteiger partial charge in [0.05, 0.1) is 16.9 Å². The van der Waals surface area contributed by atoms with Crippen LogP contribution in [0.2, 0.25) is 0 Å². The zero-order chi connectivity index (χ0) is 15.1. The molecule has 0 unspecified atom stereocenters. The van der Waals surface area contributed by atoms with Crippen molar-refractivity contribution in [2.24, 2.45) is 0 Å². The number of nitrogens with two attached hydrogens (primary N) is 2. The van der Waals surface area contributed by atoms with Crippen molar-refractivity contribution in [2.45, 2.75) is 20.4 Å². The largest absolute Gasteiger partial charge is 0.399 e. The standard InChI is InChI=1S/C16H18N4O/c1-3-20-13-6-4-10(17)8-11(13)15-14(20)7-5-12(16(15)18)19-9(2)21/h4-8H,3,17-18H2,1-2H3,(H,19,21). The number of anilines is 3. The van der Waals surface area contributed by atoms with Crippen molar-refractivity contribution in [1.29, 1.82) is 0 Å². The van der Waals surface area contributed by atoms with E-state index in [0.717, 1.165) is 28.4 Å². The van der Waals surface area contributed by atoms with Crippen LogP contribution in [0.5, 0.6) is 0 Å². The van der Waals surface area contributed by atoms with Gasteiger partial charge in [-0.25, -0.2) is 0 Å². The summed E-state index contributed by atoms with van der Waals surface area (Å²) >= 11 is 0. The lowest BCUT2D eigenvalue weighted by atomic mass is 10.1. The fourth-order valence-corrected chi connectivity index (χ4v) is 2.87. The van der Waals surface area contributed by atoms with Gasteiger partial charge >= 0.3 is 0 Å². The molecule has 21 heavy (non-hydrogen) atoms. The van der Waals surface area contributed by atoms with E-state index in [1.807, 2.05) is 30.3 Å². The molecule has 0 aliphatic carbocycles. The molecule has 0 aliphatic rings. The lowest BCUT2D eigenvalue weighted by Crippen LogP contribution is -2.08. The fraction of sp³-hybridized carbons (Fsp3) is 0.188. The van der Waals surface area contributed by atoms with Gasteiger partial charge in [0.2, 0.25) is 5.91 Å². The predicted molar refractivity (Wildman–Crippen MR) is 88.2 cm³/mol. The maximum absolute atomic E-state index is 11.3. The van der Waals surface area contributed by atoms with Crippen LogP contribution >= 0.6 is 0 Å². The molecule has 0 aliphatic heterocycles. The summed E-state index contributed by atoms with van der Waals surface area (Å²) in [6, 6.07) is 9.64. The number of fused-ring (bicyclic) bond motifs is 3. The summed E-state index contributed by atoms with van der Waals surface area (Å²) in [4.78, 5) is 11.3. The zero-order valence-corrected chi connectivity index (χ0v) is 12.1. The number of hydrogen-bond acceptors (Lipinski definition) is 3. The summed E-state index contributed by atoms with van der Waals surface area (Å²) in [6.07, 6.45) is 0. The van der Waals surface area contributed by atoms with E-state index < -0.39 is 0 Å². The first kappa shape index (κ1) is 13.3. The topological polar surface area (TPSA) is 86.1 Å². The minimum Gasteiger partial charge on any atom is -0.399 e. The molecule has 0 radical (unpaired) electrons. The third-order valence-electron chi connectivity index (χ3n) is 3.72. The van der Waals surface area contributed by atoms with Gasteiger partial charge in [0.15, 0.2) is 0 Å². The average Bonchev–Trinajstić information content (AvgIpc) is 2.74. The van der Waals surface area contributed by atoms with E-state index in [4.69, 9.17) is 11.5 Å². The van der Waals surface area contributed by atoms with Crippen molar-refractivity contribution in [2.75, 3.05) is 16.8 Å². The number of amides is 1. The summed E-state index contributed by atoms with van der Waals surface area (Å²) in [5.74, 6) is -0.139. The van der Waals surface area contributed by atoms with Gasteiger partial charge in [-0.2, -0.15) is 0 Å². The molecule has 0 saturated carbocycles. The number of aromatic nitrogens is 1. The number of aryl methyl sites for hydroxylation is 1. The highest BCUT2D eigenvalue weighted by Crippen LogP contribution is 2.37. The number of nitrogen functional groups attached to an aromatic ring is 2. The minimum atomic E-state index is -0.139. The van der Waals surface area contributed by atoms with E-state index in [1.54, 1.807) is 0 Å². The molecule has 108 valence electrons. The highest BCUT2D eigenvalue weighted by Gasteiger charge is 2.15. The fourth-order valence-electron chi connectivity index (χ4n) is 2.87. The second kappa shape index (κ2) is 4.70. The Morgan fingerprint density at radius 3 is 2.57 bits per heavy atom. The molecule has 1 heterocycles. The van der Waals surface area contributed by atoms with Crippen LogP contribution in [0.25, 0.3) is 21.8 Å². The Balaban J connectivity index is 2.43. The SMILES string of the molecule is CCn1c2ccc(N)cc2c2c(N)c(NC(C)=O)ccc21. The van der Waals surface area contributed by atoms with Crippen molar-refractivity contribution < 1.29 is 4.79 Å². The van der Waals surface area contributed by atoms with Gasteiger partial charge in [-0.1, -0.05) is 0 Å². The van der Waals surface area contributed by atoms with E-state index in [-0.39, 0.29) is 5.91 Å². The van der Waals surface area contributed by atoms with E-state index in [1.165, 1.54) is 6.92 Å². The number of carbonyl (C=O) groups is 1. The molecule has 0 spiro atoms. The van der Waals surface area contributed by atoms with Crippen LogP contribution in [0.3, 0.4) is 0 Å². The molecular formula is C16H18N4O. The third-order valence-corrected chi connectivity index (χ3v) is 3.72. The number of nitrogens with zero attached hydrogens (tertiary/aromatic N) is 1. The minimum absolute atomic E-state index is 0.139. The molecule has 0 fully saturated rings. The maximum Gasteiger partial charge on any atom is 0.221 e. The normalized spacial score (nSPS) is 11.1. The van der Waals surface area contributed by atoms with Crippen LogP contribution in [0.4, 0.5) is 17.1 Å². The first-order valence-corrected chi connectivity index (χ1v) is 6.90. The van der Waals surface area contributed by atoms with E-state index in [0.29, 0.717) is 17.1 Å². The Kier molecular flexibility index (Phi) is 2.97. The van der Waals surface area contributed by atoms with Crippen molar-refractivity contribution in [3.05, 3.63) is 30.3 Å². The molecule has 3 aromatic rings. The Labute approximate surface area is 122 Å². The molecule has 1 aromatic heterocycles. The van der Waals surface area contributed by atoms with Crippen LogP contribution in [0.1, 0.15) is 13.8 Å². The molecule has 2 aromatic carbocycles. The number of hydrogen-bond donors (Lipinski definition) is 3. The Hall–Kier alpha value is -2.69. The lowest BCUT2D eigenvalue weighted by Gasteiger charge is -2.08. The number of rotatable bonds is 2. The van der Waals surface area contributed by atoms with Gasteiger partial charge < -0.3 is 21.4 Å². The number of carbonyl (C=O) groups excluding carboxylic acids is 1. The second-order valence-corrected chi connectivity index (χ2v) is 5.12. The Bertz CT molecular complexity index is 864. The molecule has 0 saturated heterocycles. The predicted octanol–water partition coefficient (Wildman–Crippen LogP) is 2.94. The highest BCUT2D eigenvalue weighted by molar-refractivity contribution is 6.17. The van der Waals surface area contributed by atoms with Gasteiger partial charge in [-0.3, -0.25) is 4.79 Å². The molecule has 5 nitrogen and oxygen atoms in total. The van der Waals surface area contributed by atoms with Crippen LogP contribution in [-0.4, -0.2) is 10.5 Å². The van der Waals surface area contributed by atoms with Gasteiger partial charge in [0.1, 0.15) is 0 Å². The highest BCUT2D eigenvalue weighted by atomic mass is 16.1. The van der Waals surface area contributed by atoms with Crippen LogP contribution in [-0.2, 0) is 11.3 Å². The first-order chi connectivity index (χ1) is 10.0. The maximum atomic E-state index is 11.3. The van der Waals surface area contributed by atoms with Gasteiger partial charge in [0, 0.05) is 35.4 Å². The van der Waals surface area contributed by atoms with Crippen molar-refractivity contribution in [1.82, 2.24) is 4.57 Å². The summed E-state index contributed by atoms with van der Waals surface area (Å²) in [5.41, 5.74) is 16.2. The second-order valence-electron chi connectivity index (χ2n) is 5.12. The Morgan fingerprint density at radius 1 is 1.19 bits per heavy atom. The van der Waals surface area contributed by atoms with Crippen molar-refractivity contribution in [3.63, 3.8) is 0 Å². The van der Waals surface area contributed by atoms with Crippen molar-refractivity contribution in [3.8, 4) is 0 Å². The van der Waals surface area contributed by atoms with Crippen LogP contribution in [0, 0.1) is 0 Å². The quantitative estimate of drug-likeness (QED) is 0.632. The smallest absolute Gasteiger partial charge is 0.221 e. The molecular weight excluding hydrogens is 264 g/mol. The van der Waals surface area contributed by atoms with Crippen molar-refractivity contribution >= 4 is 44.8 Å². The summed E-state index contributed by atoms with van der Waals surface area (Å²) in [5, 5.41) is 4.71. The summed E-state index contributed by atoms with van der Waals surface area (Å²) in [7, 11) is 0. The number of nitrogens with one attached hydrogen (secondary N) is 1. The van der Waals surface area contributed by atoms with E-state index in [9.17, 15) is 4.79 Å². The molecule has 0 atom stereocenters. The lowest BCUT2D eigenvalue weighted by molar-refractivity contribution is -0.114. The van der Waals surface area contributed by atoms with Gasteiger partial charge in [-0.05, 0) is 37.3 Å². The average molecular weight is 282 g/mol. The summed E-state index contributed by atoms with van der Waals surface area (Å²) < 4.78 is 2.19. The monoisotopic (exact) mass is 282 g/mol. The molecule has 1 amide bonds. The van der Waals surface area contributed by atoms with Crippen LogP contribution in [0.15, 0.2) is 30.3 Å². The number of benzene rings is 2. The Morgan fingerprint density at radius 2 is 1.90 bits per heavy atom. The molecule has 0 bridgehead atoms. The summed E-state index contributed by atoms with van der Waals surface area (Å²) in [6.45, 7) is 4.40.